The normalized spacial score (nSPS) is 20.9. The zero-order valence-corrected chi connectivity index (χ0v) is 11.1. The van der Waals surface area contributed by atoms with Crippen molar-refractivity contribution in [1.82, 2.24) is 5.32 Å². The van der Waals surface area contributed by atoms with E-state index in [1.807, 2.05) is 0 Å². The molecule has 2 saturated carbocycles. The molecule has 18 heavy (non-hydrogen) atoms. The number of nitrogens with two attached hydrogens (primary N) is 1. The predicted molar refractivity (Wildman–Crippen MR) is 75.3 cm³/mol. The average molecular weight is 244 g/mol. The first kappa shape index (κ1) is 12.2. The second-order valence-electron chi connectivity index (χ2n) is 6.05. The van der Waals surface area contributed by atoms with Gasteiger partial charge in [-0.05, 0) is 61.1 Å². The Bertz CT molecular complexity index is 405. The summed E-state index contributed by atoms with van der Waals surface area (Å²) in [4.78, 5) is 0. The minimum absolute atomic E-state index is 0.697. The molecule has 1 aromatic rings. The van der Waals surface area contributed by atoms with E-state index in [1.54, 1.807) is 0 Å². The number of benzene rings is 1. The van der Waals surface area contributed by atoms with Gasteiger partial charge < -0.3 is 11.1 Å². The van der Waals surface area contributed by atoms with Gasteiger partial charge in [0.15, 0.2) is 0 Å². The van der Waals surface area contributed by atoms with Crippen molar-refractivity contribution in [2.24, 2.45) is 17.1 Å². The maximum Gasteiger partial charge on any atom is 0.0208 e. The predicted octanol–water partition coefficient (Wildman–Crippen LogP) is 2.47. The van der Waals surface area contributed by atoms with Gasteiger partial charge in [-0.25, -0.2) is 0 Å². The molecule has 3 rings (SSSR count). The molecule has 2 nitrogen and oxygen atoms in total. The Labute approximate surface area is 110 Å². The van der Waals surface area contributed by atoms with Crippen molar-refractivity contribution in [1.29, 1.82) is 0 Å². The Morgan fingerprint density at radius 1 is 1.17 bits per heavy atom. The van der Waals surface area contributed by atoms with E-state index < -0.39 is 0 Å². The van der Waals surface area contributed by atoms with Crippen molar-refractivity contribution in [3.05, 3.63) is 35.4 Å². The van der Waals surface area contributed by atoms with E-state index >= 15 is 0 Å². The van der Waals surface area contributed by atoms with Crippen LogP contribution in [0.15, 0.2) is 24.3 Å². The van der Waals surface area contributed by atoms with Crippen LogP contribution in [0.3, 0.4) is 0 Å². The molecule has 1 aromatic carbocycles. The monoisotopic (exact) mass is 244 g/mol. The molecule has 0 atom stereocenters. The fraction of sp³-hybridized carbons (Fsp3) is 0.625. The van der Waals surface area contributed by atoms with E-state index in [9.17, 15) is 0 Å². The number of hydrogen-bond acceptors (Lipinski definition) is 2. The maximum atomic E-state index is 5.66. The van der Waals surface area contributed by atoms with E-state index in [2.05, 4.69) is 29.6 Å². The van der Waals surface area contributed by atoms with Crippen molar-refractivity contribution in [2.45, 2.75) is 38.6 Å². The Hall–Kier alpha value is -0.860. The molecule has 0 unspecified atom stereocenters. The summed E-state index contributed by atoms with van der Waals surface area (Å²) in [5.74, 6) is 1.05. The second-order valence-corrected chi connectivity index (χ2v) is 6.05. The van der Waals surface area contributed by atoms with Gasteiger partial charge in [-0.3, -0.25) is 0 Å². The number of rotatable bonds is 7. The van der Waals surface area contributed by atoms with Crippen LogP contribution in [0.4, 0.5) is 0 Å². The lowest BCUT2D eigenvalue weighted by Gasteiger charge is -2.16. The van der Waals surface area contributed by atoms with Gasteiger partial charge in [0, 0.05) is 13.1 Å². The molecule has 0 amide bonds. The Kier molecular flexibility index (Phi) is 3.40. The van der Waals surface area contributed by atoms with Crippen LogP contribution in [0.5, 0.6) is 0 Å². The summed E-state index contributed by atoms with van der Waals surface area (Å²) in [5.41, 5.74) is 9.19. The van der Waals surface area contributed by atoms with Gasteiger partial charge in [0.1, 0.15) is 0 Å². The molecule has 0 radical (unpaired) electrons. The summed E-state index contributed by atoms with van der Waals surface area (Å²) in [6.45, 7) is 2.96. The summed E-state index contributed by atoms with van der Waals surface area (Å²) in [6.07, 6.45) is 6.85. The van der Waals surface area contributed by atoms with Crippen LogP contribution in [-0.4, -0.2) is 13.1 Å². The Morgan fingerprint density at radius 3 is 2.50 bits per heavy atom. The van der Waals surface area contributed by atoms with Crippen LogP contribution < -0.4 is 11.1 Å². The standard InChI is InChI=1S/C16H24N2/c17-10-7-13-3-1-2-4-14(13)11-18-12-16(8-9-16)15-5-6-15/h1-4,15,18H,5-12,17H2. The molecule has 3 N–H and O–H groups in total. The van der Waals surface area contributed by atoms with E-state index in [0.29, 0.717) is 5.41 Å². The molecule has 0 aliphatic heterocycles. The third-order valence-corrected chi connectivity index (χ3v) is 4.66. The van der Waals surface area contributed by atoms with Crippen molar-refractivity contribution >= 4 is 0 Å². The van der Waals surface area contributed by atoms with Gasteiger partial charge in [-0.2, -0.15) is 0 Å². The highest BCUT2D eigenvalue weighted by atomic mass is 14.9. The first-order valence-electron chi connectivity index (χ1n) is 7.32. The third kappa shape index (κ3) is 2.60. The van der Waals surface area contributed by atoms with Crippen LogP contribution in [0.1, 0.15) is 36.8 Å². The number of nitrogens with one attached hydrogen (secondary N) is 1. The Balaban J connectivity index is 1.53. The van der Waals surface area contributed by atoms with Gasteiger partial charge in [-0.15, -0.1) is 0 Å². The van der Waals surface area contributed by atoms with E-state index in [-0.39, 0.29) is 0 Å². The summed E-state index contributed by atoms with van der Waals surface area (Å²) in [6, 6.07) is 8.68. The van der Waals surface area contributed by atoms with E-state index in [1.165, 1.54) is 43.4 Å². The molecule has 0 aromatic heterocycles. The second kappa shape index (κ2) is 5.02. The zero-order chi connectivity index (χ0) is 12.4. The Morgan fingerprint density at radius 2 is 1.89 bits per heavy atom. The molecule has 98 valence electrons. The SMILES string of the molecule is NCCc1ccccc1CNCC1(C2CC2)CC1. The smallest absolute Gasteiger partial charge is 0.0208 e. The fourth-order valence-corrected chi connectivity index (χ4v) is 3.16. The first-order valence-corrected chi connectivity index (χ1v) is 7.32. The van der Waals surface area contributed by atoms with Crippen LogP contribution in [-0.2, 0) is 13.0 Å². The summed E-state index contributed by atoms with van der Waals surface area (Å²) in [7, 11) is 0. The summed E-state index contributed by atoms with van der Waals surface area (Å²) < 4.78 is 0. The topological polar surface area (TPSA) is 38.0 Å². The quantitative estimate of drug-likeness (QED) is 0.773. The van der Waals surface area contributed by atoms with Gasteiger partial charge >= 0.3 is 0 Å². The average Bonchev–Trinajstić information content (AvgIpc) is 3.26. The molecule has 0 heterocycles. The maximum absolute atomic E-state index is 5.66. The lowest BCUT2D eigenvalue weighted by molar-refractivity contribution is 0.403. The third-order valence-electron chi connectivity index (χ3n) is 4.66. The summed E-state index contributed by atoms with van der Waals surface area (Å²) >= 11 is 0. The molecule has 0 saturated heterocycles. The van der Waals surface area contributed by atoms with Crippen molar-refractivity contribution in [2.75, 3.05) is 13.1 Å². The van der Waals surface area contributed by atoms with Crippen LogP contribution >= 0.6 is 0 Å². The first-order chi connectivity index (χ1) is 8.84. The van der Waals surface area contributed by atoms with Gasteiger partial charge in [0.05, 0.1) is 0 Å². The molecule has 2 heteroatoms. The molecule has 0 bridgehead atoms. The highest BCUT2D eigenvalue weighted by Gasteiger charge is 2.53. The fourth-order valence-electron chi connectivity index (χ4n) is 3.16. The summed E-state index contributed by atoms with van der Waals surface area (Å²) in [5, 5.41) is 3.68. The lowest BCUT2D eigenvalue weighted by Crippen LogP contribution is -2.25. The molecule has 2 aliphatic carbocycles. The highest BCUT2D eigenvalue weighted by Crippen LogP contribution is 2.60. The zero-order valence-electron chi connectivity index (χ0n) is 11.1. The van der Waals surface area contributed by atoms with Crippen molar-refractivity contribution in [3.8, 4) is 0 Å². The minimum atomic E-state index is 0.697. The van der Waals surface area contributed by atoms with Crippen LogP contribution in [0.2, 0.25) is 0 Å². The molecular weight excluding hydrogens is 220 g/mol. The van der Waals surface area contributed by atoms with Crippen LogP contribution in [0, 0.1) is 11.3 Å². The van der Waals surface area contributed by atoms with Crippen molar-refractivity contribution in [3.63, 3.8) is 0 Å². The van der Waals surface area contributed by atoms with E-state index in [4.69, 9.17) is 5.73 Å². The largest absolute Gasteiger partial charge is 0.330 e. The molecular formula is C16H24N2. The van der Waals surface area contributed by atoms with Crippen LogP contribution in [0.25, 0.3) is 0 Å². The lowest BCUT2D eigenvalue weighted by atomic mass is 10.00. The van der Waals surface area contributed by atoms with E-state index in [0.717, 1.165) is 25.4 Å². The van der Waals surface area contributed by atoms with Gasteiger partial charge in [-0.1, -0.05) is 24.3 Å². The van der Waals surface area contributed by atoms with Crippen molar-refractivity contribution < 1.29 is 0 Å². The molecule has 2 fully saturated rings. The minimum Gasteiger partial charge on any atom is -0.330 e. The molecule has 2 aliphatic rings. The molecule has 0 spiro atoms. The number of hydrogen-bond donors (Lipinski definition) is 2. The van der Waals surface area contributed by atoms with Gasteiger partial charge in [0.25, 0.3) is 0 Å². The van der Waals surface area contributed by atoms with Gasteiger partial charge in [0.2, 0.25) is 0 Å². The highest BCUT2D eigenvalue weighted by molar-refractivity contribution is 5.27.